The molecule has 1 saturated heterocycles. The lowest BCUT2D eigenvalue weighted by molar-refractivity contribution is -0.185. The van der Waals surface area contributed by atoms with Crippen molar-refractivity contribution in [2.24, 2.45) is 5.92 Å². The Kier molecular flexibility index (Phi) is 2.84. The summed E-state index contributed by atoms with van der Waals surface area (Å²) < 4.78 is 40.9. The number of hydrogen-bond acceptors (Lipinski definition) is 2. The molecule has 2 atom stereocenters. The van der Waals surface area contributed by atoms with E-state index in [4.69, 9.17) is 0 Å². The van der Waals surface area contributed by atoms with Gasteiger partial charge in [0.25, 0.3) is 0 Å². The van der Waals surface area contributed by atoms with Gasteiger partial charge >= 0.3 is 12.1 Å². The van der Waals surface area contributed by atoms with E-state index >= 15 is 0 Å². The summed E-state index contributed by atoms with van der Waals surface area (Å²) in [4.78, 5) is 10.6. The Balaban J connectivity index is 2.64. The van der Waals surface area contributed by atoms with Gasteiger partial charge in [0, 0.05) is 10.8 Å². The van der Waals surface area contributed by atoms with E-state index in [1.807, 2.05) is 22.6 Å². The van der Waals surface area contributed by atoms with Gasteiger partial charge in [-0.3, -0.25) is 4.79 Å². The molecule has 0 amide bonds. The Morgan fingerprint density at radius 3 is 2.42 bits per heavy atom. The van der Waals surface area contributed by atoms with Crippen LogP contribution in [-0.4, -0.2) is 22.7 Å². The molecule has 0 spiro atoms. The van der Waals surface area contributed by atoms with Gasteiger partial charge in [0.15, 0.2) is 5.92 Å². The van der Waals surface area contributed by atoms with Crippen LogP contribution in [0.5, 0.6) is 0 Å². The first-order valence-corrected chi connectivity index (χ1v) is 4.81. The lowest BCUT2D eigenvalue weighted by atomic mass is 10.1. The second-order valence-electron chi connectivity index (χ2n) is 2.54. The van der Waals surface area contributed by atoms with E-state index in [1.54, 1.807) is 0 Å². The van der Waals surface area contributed by atoms with Crippen LogP contribution in [0.3, 0.4) is 0 Å². The monoisotopic (exact) mass is 294 g/mol. The Morgan fingerprint density at radius 1 is 1.58 bits per heavy atom. The van der Waals surface area contributed by atoms with Crippen LogP contribution in [0.1, 0.15) is 6.42 Å². The molecule has 0 bridgehead atoms. The summed E-state index contributed by atoms with van der Waals surface area (Å²) in [5.41, 5.74) is 0. The second kappa shape index (κ2) is 3.39. The van der Waals surface area contributed by atoms with Crippen molar-refractivity contribution in [1.82, 2.24) is 0 Å². The smallest absolute Gasteiger partial charge is 0.402 e. The Labute approximate surface area is 80.6 Å². The minimum atomic E-state index is -4.45. The zero-order valence-corrected chi connectivity index (χ0v) is 8.05. The van der Waals surface area contributed by atoms with E-state index in [-0.39, 0.29) is 6.42 Å². The fraction of sp³-hybridized carbons (Fsp3) is 0.833. The molecule has 0 unspecified atom stereocenters. The van der Waals surface area contributed by atoms with Gasteiger partial charge in [-0.2, -0.15) is 13.2 Å². The van der Waals surface area contributed by atoms with Gasteiger partial charge in [-0.05, 0) is 0 Å². The quantitative estimate of drug-likeness (QED) is 0.419. The van der Waals surface area contributed by atoms with Crippen molar-refractivity contribution in [1.29, 1.82) is 0 Å². The number of ether oxygens (including phenoxy) is 1. The molecule has 0 saturated carbocycles. The standard InChI is InChI=1S/C6H6F3IO2/c7-6(8,9)4-1-3(2-10)12-5(4)11/h3-4H,1-2H2/t3-,4-/m1/s1. The summed E-state index contributed by atoms with van der Waals surface area (Å²) in [7, 11) is 0. The molecule has 2 nitrogen and oxygen atoms in total. The fourth-order valence-corrected chi connectivity index (χ4v) is 1.55. The van der Waals surface area contributed by atoms with Crippen LogP contribution in [0.15, 0.2) is 0 Å². The SMILES string of the molecule is O=C1O[C@@H](CI)C[C@H]1C(F)(F)F. The molecule has 12 heavy (non-hydrogen) atoms. The van der Waals surface area contributed by atoms with E-state index in [0.717, 1.165) is 0 Å². The molecule has 0 aliphatic carbocycles. The highest BCUT2D eigenvalue weighted by molar-refractivity contribution is 14.1. The molecule has 0 aromatic heterocycles. The van der Waals surface area contributed by atoms with Gasteiger partial charge in [0.2, 0.25) is 0 Å². The van der Waals surface area contributed by atoms with Crippen molar-refractivity contribution < 1.29 is 22.7 Å². The van der Waals surface area contributed by atoms with Crippen LogP contribution in [0, 0.1) is 5.92 Å². The molecule has 70 valence electrons. The first kappa shape index (κ1) is 10.1. The molecule has 0 N–H and O–H groups in total. The number of cyclic esters (lactones) is 1. The molecule has 1 aliphatic heterocycles. The van der Waals surface area contributed by atoms with Crippen LogP contribution in [-0.2, 0) is 9.53 Å². The van der Waals surface area contributed by atoms with Crippen molar-refractivity contribution in [3.8, 4) is 0 Å². The summed E-state index contributed by atoms with van der Waals surface area (Å²) in [6.07, 6.45) is -5.24. The van der Waals surface area contributed by atoms with Crippen molar-refractivity contribution in [2.45, 2.75) is 18.7 Å². The van der Waals surface area contributed by atoms with Gasteiger partial charge in [0.1, 0.15) is 6.10 Å². The van der Waals surface area contributed by atoms with Crippen LogP contribution >= 0.6 is 22.6 Å². The summed E-state index contributed by atoms with van der Waals surface area (Å²) in [5.74, 6) is -3.04. The molecule has 1 rings (SSSR count). The average Bonchev–Trinajstić information content (AvgIpc) is 2.29. The first-order chi connectivity index (χ1) is 5.45. The Morgan fingerprint density at radius 2 is 2.17 bits per heavy atom. The van der Waals surface area contributed by atoms with Crippen LogP contribution in [0.4, 0.5) is 13.2 Å². The molecule has 6 heteroatoms. The Hall–Kier alpha value is -0.0100. The number of alkyl halides is 4. The maximum absolute atomic E-state index is 12.0. The van der Waals surface area contributed by atoms with E-state index in [9.17, 15) is 18.0 Å². The minimum absolute atomic E-state index is 0.231. The normalized spacial score (nSPS) is 30.5. The third kappa shape index (κ3) is 2.02. The average molecular weight is 294 g/mol. The maximum Gasteiger partial charge on any atom is 0.402 e. The number of halogens is 4. The molecule has 0 radical (unpaired) electrons. The van der Waals surface area contributed by atoms with Crippen molar-refractivity contribution in [2.75, 3.05) is 4.43 Å². The molecule has 0 aromatic carbocycles. The highest BCUT2D eigenvalue weighted by atomic mass is 127. The lowest BCUT2D eigenvalue weighted by Crippen LogP contribution is -2.26. The van der Waals surface area contributed by atoms with E-state index in [2.05, 4.69) is 4.74 Å². The van der Waals surface area contributed by atoms with Crippen molar-refractivity contribution in [3.05, 3.63) is 0 Å². The Bertz CT molecular complexity index is 192. The molecule has 1 heterocycles. The zero-order chi connectivity index (χ0) is 9.35. The summed E-state index contributed by atoms with van der Waals surface area (Å²) in [5, 5.41) is 0. The number of hydrogen-bond donors (Lipinski definition) is 0. The van der Waals surface area contributed by atoms with Gasteiger partial charge in [-0.1, -0.05) is 22.6 Å². The molecule has 0 aromatic rings. The highest BCUT2D eigenvalue weighted by Crippen LogP contribution is 2.36. The fourth-order valence-electron chi connectivity index (χ4n) is 1.02. The van der Waals surface area contributed by atoms with E-state index in [0.29, 0.717) is 4.43 Å². The van der Waals surface area contributed by atoms with Crippen LogP contribution in [0.25, 0.3) is 0 Å². The van der Waals surface area contributed by atoms with Crippen molar-refractivity contribution in [3.63, 3.8) is 0 Å². The summed E-state index contributed by atoms with van der Waals surface area (Å²) >= 11 is 1.89. The number of carbonyl (C=O) groups excluding carboxylic acids is 1. The third-order valence-corrected chi connectivity index (χ3v) is 2.62. The topological polar surface area (TPSA) is 26.3 Å². The van der Waals surface area contributed by atoms with Crippen LogP contribution in [0.2, 0.25) is 0 Å². The first-order valence-electron chi connectivity index (χ1n) is 3.28. The van der Waals surface area contributed by atoms with E-state index in [1.165, 1.54) is 0 Å². The number of esters is 1. The van der Waals surface area contributed by atoms with Crippen LogP contribution < -0.4 is 0 Å². The third-order valence-electron chi connectivity index (χ3n) is 1.63. The van der Waals surface area contributed by atoms with E-state index < -0.39 is 24.2 Å². The minimum Gasteiger partial charge on any atom is -0.461 e. The summed E-state index contributed by atoms with van der Waals surface area (Å²) in [6, 6.07) is 0. The molecular weight excluding hydrogens is 288 g/mol. The predicted molar refractivity (Wildman–Crippen MR) is 42.9 cm³/mol. The lowest BCUT2D eigenvalue weighted by Gasteiger charge is -2.08. The zero-order valence-electron chi connectivity index (χ0n) is 5.90. The van der Waals surface area contributed by atoms with Gasteiger partial charge < -0.3 is 4.74 Å². The van der Waals surface area contributed by atoms with Gasteiger partial charge in [0.05, 0.1) is 0 Å². The van der Waals surface area contributed by atoms with Crippen molar-refractivity contribution >= 4 is 28.6 Å². The predicted octanol–water partition coefficient (Wildman–Crippen LogP) is 1.92. The molecular formula is C6H6F3IO2. The maximum atomic E-state index is 12.0. The molecule has 1 aliphatic rings. The number of rotatable bonds is 1. The number of carbonyl (C=O) groups is 1. The van der Waals surface area contributed by atoms with Gasteiger partial charge in [-0.15, -0.1) is 0 Å². The molecule has 1 fully saturated rings. The second-order valence-corrected chi connectivity index (χ2v) is 3.42. The largest absolute Gasteiger partial charge is 0.461 e. The summed E-state index contributed by atoms with van der Waals surface area (Å²) in [6.45, 7) is 0. The van der Waals surface area contributed by atoms with Gasteiger partial charge in [-0.25, -0.2) is 0 Å². The highest BCUT2D eigenvalue weighted by Gasteiger charge is 2.51.